The van der Waals surface area contributed by atoms with Gasteiger partial charge < -0.3 is 0 Å². The Labute approximate surface area is 95.2 Å². The molecule has 0 saturated heterocycles. The molecule has 0 aliphatic carbocycles. The zero-order valence-electron chi connectivity index (χ0n) is 8.93. The second kappa shape index (κ2) is 5.09. The Hall–Kier alpha value is -2.14. The van der Waals surface area contributed by atoms with Crippen LogP contribution in [-0.2, 0) is 12.8 Å². The van der Waals surface area contributed by atoms with Crippen molar-refractivity contribution in [3.8, 4) is 6.07 Å². The first-order chi connectivity index (χ1) is 7.90. The minimum atomic E-state index is 0.775. The number of pyridine rings is 1. The highest BCUT2D eigenvalue weighted by Gasteiger charge is 2.00. The molecule has 0 bridgehead atoms. The van der Waals surface area contributed by atoms with Gasteiger partial charge in [-0.05, 0) is 42.2 Å². The Kier molecular flexibility index (Phi) is 3.30. The molecule has 0 spiro atoms. The lowest BCUT2D eigenvalue weighted by Gasteiger charge is -2.03. The maximum absolute atomic E-state index is 8.96. The lowest BCUT2D eigenvalue weighted by atomic mass is 10.0. The summed E-state index contributed by atoms with van der Waals surface area (Å²) in [4.78, 5) is 3.98. The van der Waals surface area contributed by atoms with Gasteiger partial charge in [-0.2, -0.15) is 5.26 Å². The van der Waals surface area contributed by atoms with Crippen LogP contribution in [0.25, 0.3) is 0 Å². The quantitative estimate of drug-likeness (QED) is 0.777. The van der Waals surface area contributed by atoms with Gasteiger partial charge in [0.2, 0.25) is 0 Å². The van der Waals surface area contributed by atoms with Gasteiger partial charge in [0.15, 0.2) is 0 Å². The van der Waals surface area contributed by atoms with Gasteiger partial charge in [-0.25, -0.2) is 0 Å². The van der Waals surface area contributed by atoms with Crippen LogP contribution in [0.1, 0.15) is 16.7 Å². The fraction of sp³-hybridized carbons (Fsp3) is 0.143. The molecule has 0 saturated carbocycles. The molecule has 2 rings (SSSR count). The van der Waals surface area contributed by atoms with E-state index >= 15 is 0 Å². The first-order valence-electron chi connectivity index (χ1n) is 5.27. The Balaban J connectivity index is 2.09. The molecule has 1 heterocycles. The molecule has 0 unspecified atom stereocenters. The summed E-state index contributed by atoms with van der Waals surface area (Å²) in [6.45, 7) is 0. The van der Waals surface area contributed by atoms with Crippen molar-refractivity contribution in [1.29, 1.82) is 5.26 Å². The zero-order valence-corrected chi connectivity index (χ0v) is 8.93. The molecule has 0 atom stereocenters. The lowest BCUT2D eigenvalue weighted by Crippen LogP contribution is -1.94. The molecular formula is C14H12N2. The predicted octanol–water partition coefficient (Wildman–Crippen LogP) is 2.74. The van der Waals surface area contributed by atoms with Crippen LogP contribution in [0, 0.1) is 11.3 Å². The van der Waals surface area contributed by atoms with Gasteiger partial charge in [-0.15, -0.1) is 0 Å². The largest absolute Gasteiger partial charge is 0.265 e. The van der Waals surface area contributed by atoms with Gasteiger partial charge in [0, 0.05) is 12.4 Å². The van der Waals surface area contributed by atoms with Gasteiger partial charge in [-0.1, -0.05) is 18.2 Å². The van der Waals surface area contributed by atoms with Crippen molar-refractivity contribution < 1.29 is 0 Å². The molecule has 16 heavy (non-hydrogen) atoms. The second-order valence-corrected chi connectivity index (χ2v) is 3.62. The highest BCUT2D eigenvalue weighted by Crippen LogP contribution is 2.11. The number of benzene rings is 1. The average Bonchev–Trinajstić information content (AvgIpc) is 2.38. The van der Waals surface area contributed by atoms with Crippen LogP contribution in [0.5, 0.6) is 0 Å². The third-order valence-electron chi connectivity index (χ3n) is 2.57. The summed E-state index contributed by atoms with van der Waals surface area (Å²) in [5, 5.41) is 8.96. The van der Waals surface area contributed by atoms with Crippen molar-refractivity contribution >= 4 is 0 Å². The van der Waals surface area contributed by atoms with Crippen LogP contribution in [0.15, 0.2) is 48.8 Å². The molecule has 0 radical (unpaired) electrons. The fourth-order valence-electron chi connectivity index (χ4n) is 1.68. The van der Waals surface area contributed by atoms with Crippen molar-refractivity contribution in [2.75, 3.05) is 0 Å². The monoisotopic (exact) mass is 208 g/mol. The van der Waals surface area contributed by atoms with Crippen LogP contribution in [-0.4, -0.2) is 4.98 Å². The maximum atomic E-state index is 8.96. The van der Waals surface area contributed by atoms with Crippen molar-refractivity contribution in [3.63, 3.8) is 0 Å². The first-order valence-corrected chi connectivity index (χ1v) is 5.27. The Morgan fingerprint density at radius 2 is 1.75 bits per heavy atom. The Bertz CT molecular complexity index is 498. The summed E-state index contributed by atoms with van der Waals surface area (Å²) in [6, 6.07) is 14.0. The minimum Gasteiger partial charge on any atom is -0.265 e. The number of hydrogen-bond acceptors (Lipinski definition) is 2. The summed E-state index contributed by atoms with van der Waals surface area (Å²) in [6.07, 6.45) is 5.44. The van der Waals surface area contributed by atoms with Gasteiger partial charge in [0.1, 0.15) is 0 Å². The third-order valence-corrected chi connectivity index (χ3v) is 2.57. The standard InChI is InChI=1S/C14H12N2/c15-11-14-4-2-1-3-13(14)6-5-12-7-9-16-10-8-12/h1-4,7-10H,5-6H2. The summed E-state index contributed by atoms with van der Waals surface area (Å²) < 4.78 is 0. The van der Waals surface area contributed by atoms with Crippen molar-refractivity contribution in [2.45, 2.75) is 12.8 Å². The average molecular weight is 208 g/mol. The molecule has 2 heteroatoms. The highest BCUT2D eigenvalue weighted by molar-refractivity contribution is 5.37. The molecule has 0 fully saturated rings. The van der Waals surface area contributed by atoms with E-state index in [2.05, 4.69) is 11.1 Å². The molecular weight excluding hydrogens is 196 g/mol. The van der Waals surface area contributed by atoms with Gasteiger partial charge in [-0.3, -0.25) is 4.98 Å². The number of aryl methyl sites for hydroxylation is 2. The number of nitrogens with zero attached hydrogens (tertiary/aromatic N) is 2. The predicted molar refractivity (Wildman–Crippen MR) is 62.8 cm³/mol. The molecule has 2 aromatic rings. The van der Waals surface area contributed by atoms with Crippen molar-refractivity contribution in [1.82, 2.24) is 4.98 Å². The minimum absolute atomic E-state index is 0.775. The number of hydrogen-bond donors (Lipinski definition) is 0. The third kappa shape index (κ3) is 2.46. The molecule has 2 nitrogen and oxygen atoms in total. The van der Waals surface area contributed by atoms with E-state index in [1.807, 2.05) is 36.4 Å². The highest BCUT2D eigenvalue weighted by atomic mass is 14.6. The van der Waals surface area contributed by atoms with Gasteiger partial charge in [0.05, 0.1) is 11.6 Å². The SMILES string of the molecule is N#Cc1ccccc1CCc1ccncc1. The van der Waals surface area contributed by atoms with Crippen LogP contribution < -0.4 is 0 Å². The van der Waals surface area contributed by atoms with Crippen molar-refractivity contribution in [3.05, 3.63) is 65.5 Å². The van der Waals surface area contributed by atoms with E-state index in [-0.39, 0.29) is 0 Å². The Morgan fingerprint density at radius 1 is 1.00 bits per heavy atom. The van der Waals surface area contributed by atoms with E-state index in [0.29, 0.717) is 0 Å². The van der Waals surface area contributed by atoms with E-state index in [1.54, 1.807) is 12.4 Å². The van der Waals surface area contributed by atoms with E-state index in [0.717, 1.165) is 24.0 Å². The maximum Gasteiger partial charge on any atom is 0.0994 e. The summed E-state index contributed by atoms with van der Waals surface area (Å²) in [7, 11) is 0. The Morgan fingerprint density at radius 3 is 2.50 bits per heavy atom. The van der Waals surface area contributed by atoms with E-state index < -0.39 is 0 Å². The second-order valence-electron chi connectivity index (χ2n) is 3.62. The summed E-state index contributed by atoms with van der Waals surface area (Å²) in [5.74, 6) is 0. The van der Waals surface area contributed by atoms with E-state index in [4.69, 9.17) is 5.26 Å². The number of rotatable bonds is 3. The summed E-state index contributed by atoms with van der Waals surface area (Å²) >= 11 is 0. The van der Waals surface area contributed by atoms with Gasteiger partial charge >= 0.3 is 0 Å². The normalized spacial score (nSPS) is 9.69. The topological polar surface area (TPSA) is 36.7 Å². The van der Waals surface area contributed by atoms with Crippen LogP contribution in [0.4, 0.5) is 0 Å². The van der Waals surface area contributed by atoms with Crippen LogP contribution in [0.3, 0.4) is 0 Å². The van der Waals surface area contributed by atoms with Crippen LogP contribution in [0.2, 0.25) is 0 Å². The van der Waals surface area contributed by atoms with E-state index in [1.165, 1.54) is 5.56 Å². The lowest BCUT2D eigenvalue weighted by molar-refractivity contribution is 0.951. The molecule has 78 valence electrons. The zero-order chi connectivity index (χ0) is 11.2. The summed E-state index contributed by atoms with van der Waals surface area (Å²) in [5.41, 5.74) is 3.14. The van der Waals surface area contributed by atoms with E-state index in [9.17, 15) is 0 Å². The molecule has 1 aromatic heterocycles. The molecule has 0 amide bonds. The fourth-order valence-corrected chi connectivity index (χ4v) is 1.68. The molecule has 0 aliphatic rings. The number of nitriles is 1. The molecule has 1 aromatic carbocycles. The smallest absolute Gasteiger partial charge is 0.0994 e. The molecule has 0 N–H and O–H groups in total. The van der Waals surface area contributed by atoms with Crippen LogP contribution >= 0.6 is 0 Å². The van der Waals surface area contributed by atoms with Crippen molar-refractivity contribution in [2.24, 2.45) is 0 Å². The molecule has 0 aliphatic heterocycles. The van der Waals surface area contributed by atoms with Gasteiger partial charge in [0.25, 0.3) is 0 Å². The number of aromatic nitrogens is 1. The first kappa shape index (κ1) is 10.4.